The number of fused-ring (bicyclic) bond motifs is 1. The monoisotopic (exact) mass is 175 g/mol. The van der Waals surface area contributed by atoms with Gasteiger partial charge in [0, 0.05) is 19.4 Å². The first-order chi connectivity index (χ1) is 6.29. The number of hydrogen-bond donors (Lipinski definition) is 1. The Morgan fingerprint density at radius 1 is 1.23 bits per heavy atom. The summed E-state index contributed by atoms with van der Waals surface area (Å²) in [6, 6.07) is 6.21. The number of carbonyl (C=O) groups is 1. The molecule has 0 aromatic heterocycles. The lowest BCUT2D eigenvalue weighted by Gasteiger charge is -2.15. The second-order valence-electron chi connectivity index (χ2n) is 3.52. The molecule has 1 aliphatic rings. The first-order valence-corrected chi connectivity index (χ1v) is 4.62. The molecule has 2 heteroatoms. The third-order valence-electron chi connectivity index (χ3n) is 2.57. The predicted octanol–water partition coefficient (Wildman–Crippen LogP) is 1.20. The highest BCUT2D eigenvalue weighted by atomic mass is 16.1. The van der Waals surface area contributed by atoms with Gasteiger partial charge in [-0.1, -0.05) is 18.2 Å². The van der Waals surface area contributed by atoms with Gasteiger partial charge in [0.05, 0.1) is 0 Å². The van der Waals surface area contributed by atoms with Crippen LogP contribution in [0.25, 0.3) is 0 Å². The van der Waals surface area contributed by atoms with E-state index in [9.17, 15) is 4.79 Å². The summed E-state index contributed by atoms with van der Waals surface area (Å²) in [4.78, 5) is 11.2. The van der Waals surface area contributed by atoms with E-state index < -0.39 is 0 Å². The van der Waals surface area contributed by atoms with Crippen molar-refractivity contribution in [3.63, 3.8) is 0 Å². The summed E-state index contributed by atoms with van der Waals surface area (Å²) in [6.45, 7) is 0.557. The molecule has 0 bridgehead atoms. The van der Waals surface area contributed by atoms with Crippen molar-refractivity contribution in [2.24, 2.45) is 5.73 Å². The fraction of sp³-hybridized carbons (Fsp3) is 0.364. The van der Waals surface area contributed by atoms with E-state index in [4.69, 9.17) is 5.73 Å². The average Bonchev–Trinajstić information content (AvgIpc) is 2.16. The van der Waals surface area contributed by atoms with Gasteiger partial charge in [-0.2, -0.15) is 0 Å². The highest BCUT2D eigenvalue weighted by Gasteiger charge is 2.14. The maximum atomic E-state index is 11.2. The van der Waals surface area contributed by atoms with E-state index in [1.807, 2.05) is 0 Å². The highest BCUT2D eigenvalue weighted by Crippen LogP contribution is 2.20. The smallest absolute Gasteiger partial charge is 0.137 e. The van der Waals surface area contributed by atoms with Crippen LogP contribution in [0.2, 0.25) is 0 Å². The van der Waals surface area contributed by atoms with Crippen LogP contribution in [0.3, 0.4) is 0 Å². The number of hydrogen-bond acceptors (Lipinski definition) is 2. The summed E-state index contributed by atoms with van der Waals surface area (Å²) in [6.07, 6.45) is 2.21. The lowest BCUT2D eigenvalue weighted by atomic mass is 9.89. The molecule has 0 aliphatic heterocycles. The Labute approximate surface area is 77.8 Å². The molecule has 1 aliphatic carbocycles. The molecule has 1 aromatic rings. The normalized spacial score (nSPS) is 15.6. The summed E-state index contributed by atoms with van der Waals surface area (Å²) in [5, 5.41) is 0. The molecular weight excluding hydrogens is 162 g/mol. The van der Waals surface area contributed by atoms with Gasteiger partial charge >= 0.3 is 0 Å². The van der Waals surface area contributed by atoms with Crippen LogP contribution < -0.4 is 5.73 Å². The van der Waals surface area contributed by atoms with Gasteiger partial charge < -0.3 is 5.73 Å². The molecule has 0 saturated heterocycles. The van der Waals surface area contributed by atoms with Crippen molar-refractivity contribution in [3.8, 4) is 0 Å². The molecule has 13 heavy (non-hydrogen) atoms. The van der Waals surface area contributed by atoms with Gasteiger partial charge in [-0.3, -0.25) is 4.79 Å². The van der Waals surface area contributed by atoms with Crippen LogP contribution in [0.15, 0.2) is 18.2 Å². The van der Waals surface area contributed by atoms with E-state index in [1.165, 1.54) is 11.1 Å². The predicted molar refractivity (Wildman–Crippen MR) is 51.4 cm³/mol. The molecule has 0 saturated carbocycles. The Hall–Kier alpha value is -1.15. The molecule has 1 aromatic carbocycles. The average molecular weight is 175 g/mol. The van der Waals surface area contributed by atoms with E-state index in [-0.39, 0.29) is 0 Å². The van der Waals surface area contributed by atoms with Gasteiger partial charge in [0.2, 0.25) is 0 Å². The Bertz CT molecular complexity index is 344. The minimum Gasteiger partial charge on any atom is -0.326 e. The third kappa shape index (κ3) is 1.63. The van der Waals surface area contributed by atoms with E-state index >= 15 is 0 Å². The summed E-state index contributed by atoms with van der Waals surface area (Å²) in [7, 11) is 0. The van der Waals surface area contributed by atoms with Gasteiger partial charge in [-0.05, 0) is 23.1 Å². The Morgan fingerprint density at radius 3 is 2.85 bits per heavy atom. The molecule has 2 rings (SSSR count). The topological polar surface area (TPSA) is 43.1 Å². The minimum absolute atomic E-state index is 0.349. The lowest BCUT2D eigenvalue weighted by Crippen LogP contribution is -2.13. The SMILES string of the molecule is NCc1ccc2c(c1)CC(=O)CC2. The summed E-state index contributed by atoms with van der Waals surface area (Å²) >= 11 is 0. The van der Waals surface area contributed by atoms with Crippen molar-refractivity contribution in [3.05, 3.63) is 34.9 Å². The van der Waals surface area contributed by atoms with E-state index in [2.05, 4.69) is 18.2 Å². The summed E-state index contributed by atoms with van der Waals surface area (Å²) < 4.78 is 0. The van der Waals surface area contributed by atoms with Crippen molar-refractivity contribution in [1.29, 1.82) is 0 Å². The Morgan fingerprint density at radius 2 is 2.08 bits per heavy atom. The molecule has 68 valence electrons. The second-order valence-corrected chi connectivity index (χ2v) is 3.52. The second kappa shape index (κ2) is 3.30. The Kier molecular flexibility index (Phi) is 2.15. The lowest BCUT2D eigenvalue weighted by molar-refractivity contribution is -0.118. The van der Waals surface area contributed by atoms with Gasteiger partial charge in [-0.25, -0.2) is 0 Å². The van der Waals surface area contributed by atoms with Crippen molar-refractivity contribution in [1.82, 2.24) is 0 Å². The molecule has 0 heterocycles. The van der Waals surface area contributed by atoms with Crippen LogP contribution >= 0.6 is 0 Å². The van der Waals surface area contributed by atoms with Gasteiger partial charge in [0.25, 0.3) is 0 Å². The largest absolute Gasteiger partial charge is 0.326 e. The van der Waals surface area contributed by atoms with Crippen molar-refractivity contribution >= 4 is 5.78 Å². The highest BCUT2D eigenvalue weighted by molar-refractivity contribution is 5.83. The number of ketones is 1. The first kappa shape index (κ1) is 8.45. The van der Waals surface area contributed by atoms with E-state index in [0.29, 0.717) is 25.2 Å². The third-order valence-corrected chi connectivity index (χ3v) is 2.57. The van der Waals surface area contributed by atoms with Gasteiger partial charge in [0.15, 0.2) is 0 Å². The minimum atomic E-state index is 0.349. The van der Waals surface area contributed by atoms with Gasteiger partial charge in [-0.15, -0.1) is 0 Å². The zero-order valence-corrected chi connectivity index (χ0v) is 7.55. The number of Topliss-reactive ketones (excluding diaryl/α,β-unsaturated/α-hetero) is 1. The number of carbonyl (C=O) groups excluding carboxylic acids is 1. The maximum absolute atomic E-state index is 11.2. The number of benzene rings is 1. The zero-order valence-electron chi connectivity index (χ0n) is 7.55. The van der Waals surface area contributed by atoms with Crippen molar-refractivity contribution in [2.45, 2.75) is 25.8 Å². The van der Waals surface area contributed by atoms with Crippen LogP contribution in [0.4, 0.5) is 0 Å². The van der Waals surface area contributed by atoms with Crippen LogP contribution in [0.1, 0.15) is 23.1 Å². The maximum Gasteiger partial charge on any atom is 0.137 e. The first-order valence-electron chi connectivity index (χ1n) is 4.62. The van der Waals surface area contributed by atoms with Gasteiger partial charge in [0.1, 0.15) is 5.78 Å². The molecule has 0 radical (unpaired) electrons. The van der Waals surface area contributed by atoms with Crippen LogP contribution in [0, 0.1) is 0 Å². The molecule has 2 N–H and O–H groups in total. The van der Waals surface area contributed by atoms with Crippen molar-refractivity contribution < 1.29 is 4.79 Å². The van der Waals surface area contributed by atoms with Crippen molar-refractivity contribution in [2.75, 3.05) is 0 Å². The van der Waals surface area contributed by atoms with E-state index in [1.54, 1.807) is 0 Å². The van der Waals surface area contributed by atoms with E-state index in [0.717, 1.165) is 12.0 Å². The Balaban J connectivity index is 2.38. The molecule has 0 spiro atoms. The fourth-order valence-electron chi connectivity index (χ4n) is 1.79. The molecule has 0 fully saturated rings. The molecular formula is C11H13NO. The number of nitrogens with two attached hydrogens (primary N) is 1. The molecule has 2 nitrogen and oxygen atoms in total. The zero-order chi connectivity index (χ0) is 9.26. The van der Waals surface area contributed by atoms with Crippen LogP contribution in [-0.4, -0.2) is 5.78 Å². The molecule has 0 atom stereocenters. The van der Waals surface area contributed by atoms with Crippen LogP contribution in [0.5, 0.6) is 0 Å². The molecule has 0 unspecified atom stereocenters. The number of aryl methyl sites for hydroxylation is 1. The van der Waals surface area contributed by atoms with Crippen LogP contribution in [-0.2, 0) is 24.2 Å². The fourth-order valence-corrected chi connectivity index (χ4v) is 1.79. The quantitative estimate of drug-likeness (QED) is 0.697. The summed E-state index contributed by atoms with van der Waals surface area (Å²) in [5.74, 6) is 0.349. The number of rotatable bonds is 1. The molecule has 0 amide bonds. The summed E-state index contributed by atoms with van der Waals surface area (Å²) in [5.41, 5.74) is 9.15. The standard InChI is InChI=1S/C11H13NO/c12-7-8-1-2-9-3-4-11(13)6-10(9)5-8/h1-2,5H,3-4,6-7,12H2.